The highest BCUT2D eigenvalue weighted by Crippen LogP contribution is 2.23. The van der Waals surface area contributed by atoms with Crippen LogP contribution in [0, 0.1) is 0 Å². The van der Waals surface area contributed by atoms with Gasteiger partial charge in [0.05, 0.1) is 12.3 Å². The van der Waals surface area contributed by atoms with E-state index in [4.69, 9.17) is 17.0 Å². The van der Waals surface area contributed by atoms with Gasteiger partial charge in [0.2, 0.25) is 0 Å². The van der Waals surface area contributed by atoms with Crippen molar-refractivity contribution in [3.8, 4) is 5.75 Å². The van der Waals surface area contributed by atoms with E-state index in [0.717, 1.165) is 11.4 Å². The van der Waals surface area contributed by atoms with E-state index in [1.54, 1.807) is 0 Å². The molecule has 0 aliphatic heterocycles. The minimum absolute atomic E-state index is 0.319. The number of benzene rings is 1. The first-order valence-electron chi connectivity index (χ1n) is 5.42. The van der Waals surface area contributed by atoms with E-state index < -0.39 is 0 Å². The lowest BCUT2D eigenvalue weighted by Gasteiger charge is -2.15. The van der Waals surface area contributed by atoms with Gasteiger partial charge in [-0.2, -0.15) is 0 Å². The van der Waals surface area contributed by atoms with Crippen molar-refractivity contribution >= 4 is 23.0 Å². The maximum atomic E-state index is 5.49. The van der Waals surface area contributed by atoms with Crippen LogP contribution in [0.5, 0.6) is 5.75 Å². The third-order valence-electron chi connectivity index (χ3n) is 1.85. The van der Waals surface area contributed by atoms with Crippen LogP contribution in [-0.4, -0.2) is 17.8 Å². The number of hydrogen-bond acceptors (Lipinski definition) is 2. The monoisotopic (exact) mass is 238 g/mol. The first-order chi connectivity index (χ1) is 7.63. The Bertz CT molecular complexity index is 353. The smallest absolute Gasteiger partial charge is 0.171 e. The van der Waals surface area contributed by atoms with E-state index in [9.17, 15) is 0 Å². The number of anilines is 1. The summed E-state index contributed by atoms with van der Waals surface area (Å²) in [4.78, 5) is 0. The van der Waals surface area contributed by atoms with E-state index >= 15 is 0 Å². The molecule has 0 unspecified atom stereocenters. The summed E-state index contributed by atoms with van der Waals surface area (Å²) < 4.78 is 5.49. The maximum absolute atomic E-state index is 5.49. The molecule has 0 fully saturated rings. The third kappa shape index (κ3) is 4.06. The predicted molar refractivity (Wildman–Crippen MR) is 72.1 cm³/mol. The summed E-state index contributed by atoms with van der Waals surface area (Å²) in [6, 6.07) is 8.07. The molecular formula is C12H18N2OS. The van der Waals surface area contributed by atoms with Gasteiger partial charge in [-0.05, 0) is 45.1 Å². The maximum Gasteiger partial charge on any atom is 0.171 e. The zero-order chi connectivity index (χ0) is 12.0. The molecule has 0 bridgehead atoms. The van der Waals surface area contributed by atoms with Gasteiger partial charge in [0, 0.05) is 6.04 Å². The molecule has 1 rings (SSSR count). The van der Waals surface area contributed by atoms with Crippen LogP contribution in [0.2, 0.25) is 0 Å². The molecule has 1 aromatic rings. The molecule has 0 aliphatic rings. The van der Waals surface area contributed by atoms with Crippen LogP contribution in [0.25, 0.3) is 0 Å². The number of ether oxygens (including phenoxy) is 1. The largest absolute Gasteiger partial charge is 0.492 e. The van der Waals surface area contributed by atoms with E-state index in [1.807, 2.05) is 45.0 Å². The van der Waals surface area contributed by atoms with E-state index in [1.165, 1.54) is 0 Å². The fourth-order valence-electron chi connectivity index (χ4n) is 1.27. The molecule has 3 nitrogen and oxygen atoms in total. The van der Waals surface area contributed by atoms with E-state index in [-0.39, 0.29) is 0 Å². The molecule has 4 heteroatoms. The summed E-state index contributed by atoms with van der Waals surface area (Å²) in [7, 11) is 0. The minimum atomic E-state index is 0.319. The summed E-state index contributed by atoms with van der Waals surface area (Å²) in [6.45, 7) is 6.69. The van der Waals surface area contributed by atoms with Crippen molar-refractivity contribution in [3.05, 3.63) is 24.3 Å². The van der Waals surface area contributed by atoms with Crippen LogP contribution in [-0.2, 0) is 0 Å². The molecule has 0 aliphatic carbocycles. The summed E-state index contributed by atoms with van der Waals surface area (Å²) in [5, 5.41) is 6.86. The molecule has 0 spiro atoms. The van der Waals surface area contributed by atoms with Crippen molar-refractivity contribution in [1.82, 2.24) is 5.32 Å². The zero-order valence-electron chi connectivity index (χ0n) is 9.91. The van der Waals surface area contributed by atoms with Crippen LogP contribution in [0.1, 0.15) is 20.8 Å². The Kier molecular flexibility index (Phi) is 5.05. The predicted octanol–water partition coefficient (Wildman–Crippen LogP) is 2.78. The van der Waals surface area contributed by atoms with Crippen molar-refractivity contribution < 1.29 is 4.74 Å². The standard InChI is InChI=1S/C12H18N2OS/c1-4-15-11-8-6-5-7-10(11)14-12(16)13-9(2)3/h5-9H,4H2,1-3H3,(H2,13,14,16). The Labute approximate surface area is 102 Å². The zero-order valence-corrected chi connectivity index (χ0v) is 10.7. The second-order valence-electron chi connectivity index (χ2n) is 3.68. The van der Waals surface area contributed by atoms with E-state index in [2.05, 4.69) is 10.6 Å². The lowest BCUT2D eigenvalue weighted by atomic mass is 10.3. The number of thiocarbonyl (C=S) groups is 1. The summed E-state index contributed by atoms with van der Waals surface area (Å²) >= 11 is 5.18. The van der Waals surface area contributed by atoms with Crippen LogP contribution >= 0.6 is 12.2 Å². The average Bonchev–Trinajstić information content (AvgIpc) is 2.20. The molecule has 88 valence electrons. The van der Waals surface area contributed by atoms with Crippen molar-refractivity contribution in [2.24, 2.45) is 0 Å². The minimum Gasteiger partial charge on any atom is -0.492 e. The Morgan fingerprint density at radius 3 is 2.69 bits per heavy atom. The summed E-state index contributed by atoms with van der Waals surface area (Å²) in [6.07, 6.45) is 0. The fourth-order valence-corrected chi connectivity index (χ4v) is 1.62. The second kappa shape index (κ2) is 6.33. The highest BCUT2D eigenvalue weighted by Gasteiger charge is 2.04. The molecule has 0 radical (unpaired) electrons. The number of rotatable bonds is 4. The van der Waals surface area contributed by atoms with Crippen molar-refractivity contribution in [2.75, 3.05) is 11.9 Å². The summed E-state index contributed by atoms with van der Waals surface area (Å²) in [5.74, 6) is 0.818. The second-order valence-corrected chi connectivity index (χ2v) is 4.09. The quantitative estimate of drug-likeness (QED) is 0.790. The lowest BCUT2D eigenvalue weighted by Crippen LogP contribution is -2.34. The first kappa shape index (κ1) is 12.8. The van der Waals surface area contributed by atoms with Gasteiger partial charge in [-0.15, -0.1) is 0 Å². The normalized spacial score (nSPS) is 10.0. The van der Waals surface area contributed by atoms with Gasteiger partial charge in [0.25, 0.3) is 0 Å². The van der Waals surface area contributed by atoms with Gasteiger partial charge in [0.1, 0.15) is 5.75 Å². The van der Waals surface area contributed by atoms with Crippen molar-refractivity contribution in [3.63, 3.8) is 0 Å². The Morgan fingerprint density at radius 1 is 1.38 bits per heavy atom. The number of nitrogens with one attached hydrogen (secondary N) is 2. The van der Waals surface area contributed by atoms with Gasteiger partial charge in [-0.3, -0.25) is 0 Å². The van der Waals surface area contributed by atoms with Crippen LogP contribution < -0.4 is 15.4 Å². The highest BCUT2D eigenvalue weighted by atomic mass is 32.1. The topological polar surface area (TPSA) is 33.3 Å². The molecule has 0 heterocycles. The van der Waals surface area contributed by atoms with Crippen LogP contribution in [0.4, 0.5) is 5.69 Å². The lowest BCUT2D eigenvalue weighted by molar-refractivity contribution is 0.342. The molecular weight excluding hydrogens is 220 g/mol. The molecule has 0 amide bonds. The molecule has 2 N–H and O–H groups in total. The highest BCUT2D eigenvalue weighted by molar-refractivity contribution is 7.80. The first-order valence-corrected chi connectivity index (χ1v) is 5.83. The van der Waals surface area contributed by atoms with Gasteiger partial charge < -0.3 is 15.4 Å². The third-order valence-corrected chi connectivity index (χ3v) is 2.07. The van der Waals surface area contributed by atoms with Crippen LogP contribution in [0.3, 0.4) is 0 Å². The SMILES string of the molecule is CCOc1ccccc1NC(=S)NC(C)C. The average molecular weight is 238 g/mol. The van der Waals surface area contributed by atoms with Crippen molar-refractivity contribution in [1.29, 1.82) is 0 Å². The molecule has 0 saturated heterocycles. The summed E-state index contributed by atoms with van der Waals surface area (Å²) in [5.41, 5.74) is 0.891. The molecule has 0 saturated carbocycles. The van der Waals surface area contributed by atoms with Gasteiger partial charge in [-0.25, -0.2) is 0 Å². The van der Waals surface area contributed by atoms with E-state index in [0.29, 0.717) is 17.8 Å². The number of hydrogen-bond donors (Lipinski definition) is 2. The fraction of sp³-hybridized carbons (Fsp3) is 0.417. The number of para-hydroxylation sites is 2. The molecule has 1 aromatic carbocycles. The van der Waals surface area contributed by atoms with Crippen LogP contribution in [0.15, 0.2) is 24.3 Å². The van der Waals surface area contributed by atoms with Gasteiger partial charge >= 0.3 is 0 Å². The van der Waals surface area contributed by atoms with Crippen molar-refractivity contribution in [2.45, 2.75) is 26.8 Å². The molecule has 16 heavy (non-hydrogen) atoms. The van der Waals surface area contributed by atoms with Gasteiger partial charge in [-0.1, -0.05) is 12.1 Å². The molecule has 0 aromatic heterocycles. The Balaban J connectivity index is 2.68. The Morgan fingerprint density at radius 2 is 2.06 bits per heavy atom. The van der Waals surface area contributed by atoms with Gasteiger partial charge in [0.15, 0.2) is 5.11 Å². The molecule has 0 atom stereocenters. The Hall–Kier alpha value is -1.29.